The van der Waals surface area contributed by atoms with E-state index in [2.05, 4.69) is 9.59 Å². The highest BCUT2D eigenvalue weighted by molar-refractivity contribution is 7.10. The van der Waals surface area contributed by atoms with Crippen molar-refractivity contribution in [3.63, 3.8) is 0 Å². The van der Waals surface area contributed by atoms with Crippen molar-refractivity contribution in [3.8, 4) is 0 Å². The van der Waals surface area contributed by atoms with Gasteiger partial charge in [0.05, 0.1) is 12.0 Å². The van der Waals surface area contributed by atoms with Gasteiger partial charge in [0.15, 0.2) is 0 Å². The standard InChI is InChI=1S/C13H12ClN3OS/c1-13(2)8-5-3-4-6-10(8)17(12(13)18)7-9-11(14)19-16-15-9/h3-6H,7H2,1-2H3. The van der Waals surface area contributed by atoms with Gasteiger partial charge >= 0.3 is 0 Å². The lowest BCUT2D eigenvalue weighted by molar-refractivity contribution is -0.122. The largest absolute Gasteiger partial charge is 0.305 e. The lowest BCUT2D eigenvalue weighted by Crippen LogP contribution is -2.35. The molecule has 1 aliphatic rings. The molecule has 2 heterocycles. The molecule has 0 unspecified atom stereocenters. The Hall–Kier alpha value is -1.46. The van der Waals surface area contributed by atoms with Crippen LogP contribution in [0, 0.1) is 0 Å². The van der Waals surface area contributed by atoms with Gasteiger partial charge in [-0.05, 0) is 25.5 Å². The lowest BCUT2D eigenvalue weighted by Gasteiger charge is -2.19. The smallest absolute Gasteiger partial charge is 0.237 e. The van der Waals surface area contributed by atoms with Crippen LogP contribution in [0.4, 0.5) is 5.69 Å². The maximum Gasteiger partial charge on any atom is 0.237 e. The minimum absolute atomic E-state index is 0.0674. The predicted molar refractivity (Wildman–Crippen MR) is 75.6 cm³/mol. The second-order valence-electron chi connectivity index (χ2n) is 5.03. The molecule has 98 valence electrons. The van der Waals surface area contributed by atoms with Crippen molar-refractivity contribution in [2.45, 2.75) is 25.8 Å². The van der Waals surface area contributed by atoms with E-state index >= 15 is 0 Å². The fraction of sp³-hybridized carbons (Fsp3) is 0.308. The molecule has 0 radical (unpaired) electrons. The van der Waals surface area contributed by atoms with Crippen LogP contribution in [0.1, 0.15) is 25.1 Å². The topological polar surface area (TPSA) is 46.1 Å². The van der Waals surface area contributed by atoms with Crippen molar-refractivity contribution in [1.29, 1.82) is 0 Å². The van der Waals surface area contributed by atoms with Crippen LogP contribution in [0.25, 0.3) is 0 Å². The van der Waals surface area contributed by atoms with E-state index in [1.54, 1.807) is 4.90 Å². The summed E-state index contributed by atoms with van der Waals surface area (Å²) in [5.74, 6) is 0.0674. The van der Waals surface area contributed by atoms with E-state index in [0.29, 0.717) is 16.6 Å². The normalized spacial score (nSPS) is 16.8. The molecule has 3 rings (SSSR count). The van der Waals surface area contributed by atoms with Gasteiger partial charge < -0.3 is 4.90 Å². The van der Waals surface area contributed by atoms with Gasteiger partial charge in [-0.3, -0.25) is 4.79 Å². The Morgan fingerprint density at radius 3 is 2.79 bits per heavy atom. The van der Waals surface area contributed by atoms with Crippen LogP contribution in [0.3, 0.4) is 0 Å². The number of carbonyl (C=O) groups is 1. The molecule has 0 fully saturated rings. The Morgan fingerprint density at radius 1 is 1.37 bits per heavy atom. The molecule has 19 heavy (non-hydrogen) atoms. The van der Waals surface area contributed by atoms with Crippen molar-refractivity contribution in [3.05, 3.63) is 39.9 Å². The fourth-order valence-corrected chi connectivity index (χ4v) is 3.01. The molecule has 0 spiro atoms. The highest BCUT2D eigenvalue weighted by atomic mass is 35.5. The summed E-state index contributed by atoms with van der Waals surface area (Å²) in [7, 11) is 0. The summed E-state index contributed by atoms with van der Waals surface area (Å²) in [6.07, 6.45) is 0. The first kappa shape index (κ1) is 12.6. The Bertz CT molecular complexity index is 653. The van der Waals surface area contributed by atoms with E-state index in [0.717, 1.165) is 22.8 Å². The number of rotatable bonds is 2. The van der Waals surface area contributed by atoms with Gasteiger partial charge in [-0.2, -0.15) is 0 Å². The molecular weight excluding hydrogens is 282 g/mol. The third-order valence-corrected chi connectivity index (χ3v) is 4.45. The molecule has 4 nitrogen and oxygen atoms in total. The van der Waals surface area contributed by atoms with Crippen molar-refractivity contribution in [1.82, 2.24) is 9.59 Å². The summed E-state index contributed by atoms with van der Waals surface area (Å²) in [6.45, 7) is 4.25. The summed E-state index contributed by atoms with van der Waals surface area (Å²) in [6, 6.07) is 7.83. The SMILES string of the molecule is CC1(C)C(=O)N(Cc2nnsc2Cl)c2ccccc21. The van der Waals surface area contributed by atoms with Crippen LogP contribution in [-0.2, 0) is 16.8 Å². The Morgan fingerprint density at radius 2 is 2.11 bits per heavy atom. The summed E-state index contributed by atoms with van der Waals surface area (Å²) in [4.78, 5) is 14.3. The zero-order valence-corrected chi connectivity index (χ0v) is 12.1. The fourth-order valence-electron chi connectivity index (χ4n) is 2.40. The number of amides is 1. The van der Waals surface area contributed by atoms with Crippen molar-refractivity contribution in [2.75, 3.05) is 4.90 Å². The number of carbonyl (C=O) groups excluding carboxylic acids is 1. The van der Waals surface area contributed by atoms with Gasteiger partial charge in [0, 0.05) is 17.2 Å². The van der Waals surface area contributed by atoms with Crippen molar-refractivity contribution < 1.29 is 4.79 Å². The highest BCUT2D eigenvalue weighted by Crippen LogP contribution is 2.42. The zero-order valence-electron chi connectivity index (χ0n) is 10.6. The molecule has 0 saturated carbocycles. The van der Waals surface area contributed by atoms with Gasteiger partial charge in [0.2, 0.25) is 5.91 Å². The number of anilines is 1. The number of hydrogen-bond donors (Lipinski definition) is 0. The Kier molecular flexibility index (Phi) is 2.83. The molecule has 0 saturated heterocycles. The molecule has 1 aliphatic heterocycles. The maximum atomic E-state index is 12.6. The number of fused-ring (bicyclic) bond motifs is 1. The monoisotopic (exact) mass is 293 g/mol. The van der Waals surface area contributed by atoms with Gasteiger partial charge in [-0.25, -0.2) is 0 Å². The van der Waals surface area contributed by atoms with Crippen LogP contribution in [0.15, 0.2) is 24.3 Å². The third-order valence-electron chi connectivity index (χ3n) is 3.47. The van der Waals surface area contributed by atoms with E-state index in [-0.39, 0.29) is 5.91 Å². The Balaban J connectivity index is 2.04. The summed E-state index contributed by atoms with van der Waals surface area (Å²) in [5, 5.41) is 3.98. The van der Waals surface area contributed by atoms with Crippen LogP contribution in [0.5, 0.6) is 0 Å². The number of benzene rings is 1. The third kappa shape index (κ3) is 1.84. The molecular formula is C13H12ClN3OS. The maximum absolute atomic E-state index is 12.6. The summed E-state index contributed by atoms with van der Waals surface area (Å²) in [5.41, 5.74) is 2.11. The summed E-state index contributed by atoms with van der Waals surface area (Å²) >= 11 is 7.16. The first-order chi connectivity index (χ1) is 9.01. The minimum Gasteiger partial charge on any atom is -0.305 e. The quantitative estimate of drug-likeness (QED) is 0.855. The second-order valence-corrected chi connectivity index (χ2v) is 6.38. The second kappa shape index (κ2) is 4.28. The van der Waals surface area contributed by atoms with Gasteiger partial charge in [-0.1, -0.05) is 34.3 Å². The minimum atomic E-state index is -0.507. The van der Waals surface area contributed by atoms with Crippen molar-refractivity contribution >= 4 is 34.7 Å². The van der Waals surface area contributed by atoms with E-state index < -0.39 is 5.41 Å². The number of para-hydroxylation sites is 1. The average molecular weight is 294 g/mol. The molecule has 1 aromatic heterocycles. The lowest BCUT2D eigenvalue weighted by atomic mass is 9.86. The van der Waals surface area contributed by atoms with Gasteiger partial charge in [0.25, 0.3) is 0 Å². The molecule has 0 aliphatic carbocycles. The number of nitrogens with zero attached hydrogens (tertiary/aromatic N) is 3. The van der Waals surface area contributed by atoms with E-state index in [9.17, 15) is 4.79 Å². The van der Waals surface area contributed by atoms with E-state index in [4.69, 9.17) is 11.6 Å². The molecule has 1 aromatic carbocycles. The van der Waals surface area contributed by atoms with Crippen LogP contribution in [0.2, 0.25) is 4.34 Å². The predicted octanol–water partition coefficient (Wildman–Crippen LogP) is 3.02. The number of halogens is 1. The van der Waals surface area contributed by atoms with Gasteiger partial charge in [0.1, 0.15) is 10.0 Å². The van der Waals surface area contributed by atoms with Gasteiger partial charge in [-0.15, -0.1) is 5.10 Å². The van der Waals surface area contributed by atoms with E-state index in [1.807, 2.05) is 38.1 Å². The first-order valence-electron chi connectivity index (χ1n) is 5.90. The van der Waals surface area contributed by atoms with Crippen LogP contribution < -0.4 is 4.90 Å². The molecule has 2 aromatic rings. The Labute approximate surface area is 120 Å². The number of hydrogen-bond acceptors (Lipinski definition) is 4. The molecule has 0 bridgehead atoms. The first-order valence-corrected chi connectivity index (χ1v) is 7.05. The van der Waals surface area contributed by atoms with E-state index in [1.165, 1.54) is 0 Å². The average Bonchev–Trinajstić information content (AvgIpc) is 2.87. The molecule has 0 atom stereocenters. The summed E-state index contributed by atoms with van der Waals surface area (Å²) < 4.78 is 4.34. The van der Waals surface area contributed by atoms with Crippen molar-refractivity contribution in [2.24, 2.45) is 0 Å². The van der Waals surface area contributed by atoms with Crippen LogP contribution in [-0.4, -0.2) is 15.5 Å². The molecule has 6 heteroatoms. The number of aromatic nitrogens is 2. The van der Waals surface area contributed by atoms with Crippen LogP contribution >= 0.6 is 23.1 Å². The molecule has 1 amide bonds. The molecule has 0 N–H and O–H groups in total. The zero-order chi connectivity index (χ0) is 13.6. The highest BCUT2D eigenvalue weighted by Gasteiger charge is 2.43.